The predicted molar refractivity (Wildman–Crippen MR) is 51.6 cm³/mol. The van der Waals surface area contributed by atoms with Gasteiger partial charge in [-0.05, 0) is 6.92 Å². The van der Waals surface area contributed by atoms with Crippen molar-refractivity contribution in [3.05, 3.63) is 23.8 Å². The number of anilines is 1. The van der Waals surface area contributed by atoms with Gasteiger partial charge in [0, 0.05) is 12.1 Å². The van der Waals surface area contributed by atoms with Crippen LogP contribution >= 0.6 is 0 Å². The normalized spacial score (nSPS) is 11.7. The molecule has 0 heterocycles. The molecule has 1 rings (SSSR count). The lowest BCUT2D eigenvalue weighted by atomic mass is 10.2. The van der Waals surface area contributed by atoms with Gasteiger partial charge in [-0.2, -0.15) is 5.26 Å². The van der Waals surface area contributed by atoms with Crippen molar-refractivity contribution in [3.8, 4) is 11.8 Å². The number of hydrogen-bond acceptors (Lipinski definition) is 3. The highest BCUT2D eigenvalue weighted by molar-refractivity contribution is 5.50. The fourth-order valence-corrected chi connectivity index (χ4v) is 1.06. The molecule has 0 aromatic heterocycles. The van der Waals surface area contributed by atoms with Gasteiger partial charge in [0.25, 0.3) is 0 Å². The van der Waals surface area contributed by atoms with E-state index in [2.05, 4.69) is 10.1 Å². The third kappa shape index (κ3) is 2.56. The first kappa shape index (κ1) is 11.2. The van der Waals surface area contributed by atoms with Crippen molar-refractivity contribution in [2.45, 2.75) is 13.0 Å². The Morgan fingerprint density at radius 1 is 1.40 bits per heavy atom. The van der Waals surface area contributed by atoms with E-state index in [-0.39, 0.29) is 11.4 Å². The van der Waals surface area contributed by atoms with Crippen LogP contribution in [0.1, 0.15) is 6.92 Å². The smallest absolute Gasteiger partial charge is 0.167 e. The van der Waals surface area contributed by atoms with E-state index >= 15 is 0 Å². The summed E-state index contributed by atoms with van der Waals surface area (Å²) in [5.41, 5.74) is -0.0534. The van der Waals surface area contributed by atoms with Crippen LogP contribution in [0.2, 0.25) is 0 Å². The van der Waals surface area contributed by atoms with Gasteiger partial charge < -0.3 is 10.1 Å². The molecule has 0 saturated heterocycles. The van der Waals surface area contributed by atoms with E-state index in [1.165, 1.54) is 7.11 Å². The number of nitrogens with zero attached hydrogens (tertiary/aromatic N) is 1. The lowest BCUT2D eigenvalue weighted by Crippen LogP contribution is -2.13. The largest absolute Gasteiger partial charge is 0.494 e. The minimum absolute atomic E-state index is 0.0534. The molecule has 1 N–H and O–H groups in total. The van der Waals surface area contributed by atoms with Crippen LogP contribution in [0, 0.1) is 23.0 Å². The maximum Gasteiger partial charge on any atom is 0.167 e. The molecule has 1 aromatic carbocycles. The van der Waals surface area contributed by atoms with Crippen molar-refractivity contribution < 1.29 is 13.5 Å². The average Bonchev–Trinajstić information content (AvgIpc) is 2.22. The standard InChI is InChI=1S/C10H10F2N2O/c1-6(5-13)14-9-3-8(12)10(15-2)4-7(9)11/h3-4,6,14H,1-2H3. The van der Waals surface area contributed by atoms with Crippen LogP contribution in [0.4, 0.5) is 14.5 Å². The molecule has 5 heteroatoms. The summed E-state index contributed by atoms with van der Waals surface area (Å²) in [5, 5.41) is 11.0. The number of methoxy groups -OCH3 is 1. The highest BCUT2D eigenvalue weighted by Gasteiger charge is 2.11. The van der Waals surface area contributed by atoms with Crippen LogP contribution in [0.15, 0.2) is 12.1 Å². The zero-order valence-corrected chi connectivity index (χ0v) is 8.34. The van der Waals surface area contributed by atoms with Gasteiger partial charge in [0.1, 0.15) is 11.9 Å². The van der Waals surface area contributed by atoms with E-state index in [1.54, 1.807) is 6.92 Å². The third-order valence-electron chi connectivity index (χ3n) is 1.81. The summed E-state index contributed by atoms with van der Waals surface area (Å²) < 4.78 is 31.1. The van der Waals surface area contributed by atoms with E-state index in [1.807, 2.05) is 6.07 Å². The maximum atomic E-state index is 13.3. The van der Waals surface area contributed by atoms with Gasteiger partial charge in [0.15, 0.2) is 11.6 Å². The van der Waals surface area contributed by atoms with Crippen LogP contribution in [-0.4, -0.2) is 13.2 Å². The molecule has 0 saturated carbocycles. The number of nitrogens with one attached hydrogen (secondary N) is 1. The highest BCUT2D eigenvalue weighted by Crippen LogP contribution is 2.24. The summed E-state index contributed by atoms with van der Waals surface area (Å²) >= 11 is 0. The van der Waals surface area contributed by atoms with Crippen LogP contribution in [0.25, 0.3) is 0 Å². The van der Waals surface area contributed by atoms with Crippen LogP contribution in [-0.2, 0) is 0 Å². The van der Waals surface area contributed by atoms with Crippen molar-refractivity contribution in [2.24, 2.45) is 0 Å². The minimum atomic E-state index is -0.675. The topological polar surface area (TPSA) is 45.0 Å². The maximum absolute atomic E-state index is 13.3. The molecule has 15 heavy (non-hydrogen) atoms. The molecule has 0 aliphatic rings. The summed E-state index contributed by atoms with van der Waals surface area (Å²) in [5.74, 6) is -1.50. The summed E-state index contributed by atoms with van der Waals surface area (Å²) in [7, 11) is 1.25. The Kier molecular flexibility index (Phi) is 3.45. The Balaban J connectivity index is 3.01. The van der Waals surface area contributed by atoms with Crippen LogP contribution in [0.5, 0.6) is 5.75 Å². The first-order chi connectivity index (χ1) is 7.08. The Morgan fingerprint density at radius 3 is 2.60 bits per heavy atom. The molecular formula is C10H10F2N2O. The third-order valence-corrected chi connectivity index (χ3v) is 1.81. The number of nitriles is 1. The number of rotatable bonds is 3. The molecule has 0 fully saturated rings. The van der Waals surface area contributed by atoms with E-state index < -0.39 is 17.7 Å². The molecule has 1 aromatic rings. The Labute approximate surface area is 86.3 Å². The molecule has 1 unspecified atom stereocenters. The van der Waals surface area contributed by atoms with Crippen molar-refractivity contribution in [2.75, 3.05) is 12.4 Å². The van der Waals surface area contributed by atoms with Crippen molar-refractivity contribution >= 4 is 5.69 Å². The van der Waals surface area contributed by atoms with Gasteiger partial charge in [-0.3, -0.25) is 0 Å². The fourth-order valence-electron chi connectivity index (χ4n) is 1.06. The molecule has 0 spiro atoms. The Hall–Kier alpha value is -1.83. The van der Waals surface area contributed by atoms with E-state index in [9.17, 15) is 8.78 Å². The SMILES string of the molecule is COc1cc(F)c(NC(C)C#N)cc1F. The molecule has 0 aliphatic heterocycles. The van der Waals surface area contributed by atoms with Gasteiger partial charge in [0.2, 0.25) is 0 Å². The molecule has 0 aliphatic carbocycles. The molecule has 80 valence electrons. The first-order valence-electron chi connectivity index (χ1n) is 4.27. The van der Waals surface area contributed by atoms with E-state index in [4.69, 9.17) is 5.26 Å². The second-order valence-electron chi connectivity index (χ2n) is 2.96. The fraction of sp³-hybridized carbons (Fsp3) is 0.300. The monoisotopic (exact) mass is 212 g/mol. The number of hydrogen-bond donors (Lipinski definition) is 1. The summed E-state index contributed by atoms with van der Waals surface area (Å²) in [6, 6.07) is 3.16. The summed E-state index contributed by atoms with van der Waals surface area (Å²) in [6.45, 7) is 1.54. The second-order valence-corrected chi connectivity index (χ2v) is 2.96. The molecular weight excluding hydrogens is 202 g/mol. The van der Waals surface area contributed by atoms with Crippen molar-refractivity contribution in [1.82, 2.24) is 0 Å². The first-order valence-corrected chi connectivity index (χ1v) is 4.27. The van der Waals surface area contributed by atoms with Gasteiger partial charge in [-0.1, -0.05) is 0 Å². The van der Waals surface area contributed by atoms with E-state index in [0.29, 0.717) is 0 Å². The van der Waals surface area contributed by atoms with Gasteiger partial charge >= 0.3 is 0 Å². The Bertz CT molecular complexity index is 401. The van der Waals surface area contributed by atoms with Gasteiger partial charge in [-0.15, -0.1) is 0 Å². The van der Waals surface area contributed by atoms with Gasteiger partial charge in [-0.25, -0.2) is 8.78 Å². The molecule has 3 nitrogen and oxygen atoms in total. The van der Waals surface area contributed by atoms with Gasteiger partial charge in [0.05, 0.1) is 18.9 Å². The average molecular weight is 212 g/mol. The number of ether oxygens (including phenoxy) is 1. The molecule has 0 bridgehead atoms. The molecule has 0 radical (unpaired) electrons. The summed E-state index contributed by atoms with van der Waals surface area (Å²) in [4.78, 5) is 0. The highest BCUT2D eigenvalue weighted by atomic mass is 19.1. The van der Waals surface area contributed by atoms with Crippen molar-refractivity contribution in [3.63, 3.8) is 0 Å². The molecule has 1 atom stereocenters. The van der Waals surface area contributed by atoms with Crippen LogP contribution in [0.3, 0.4) is 0 Å². The zero-order valence-electron chi connectivity index (χ0n) is 8.34. The second kappa shape index (κ2) is 4.60. The predicted octanol–water partition coefficient (Wildman–Crippen LogP) is 2.30. The van der Waals surface area contributed by atoms with Crippen molar-refractivity contribution in [1.29, 1.82) is 5.26 Å². The van der Waals surface area contributed by atoms with E-state index in [0.717, 1.165) is 12.1 Å². The lowest BCUT2D eigenvalue weighted by Gasteiger charge is -2.10. The number of halogens is 2. The zero-order chi connectivity index (χ0) is 11.4. The number of benzene rings is 1. The molecule has 0 amide bonds. The van der Waals surface area contributed by atoms with Crippen LogP contribution < -0.4 is 10.1 Å². The minimum Gasteiger partial charge on any atom is -0.494 e. The lowest BCUT2D eigenvalue weighted by molar-refractivity contribution is 0.383. The summed E-state index contributed by atoms with van der Waals surface area (Å²) in [6.07, 6.45) is 0. The quantitative estimate of drug-likeness (QED) is 0.836. The Morgan fingerprint density at radius 2 is 2.07 bits per heavy atom.